The van der Waals surface area contributed by atoms with Crippen LogP contribution in [-0.2, 0) is 13.6 Å². The van der Waals surface area contributed by atoms with Gasteiger partial charge in [-0.15, -0.1) is 0 Å². The number of hydrogen-bond acceptors (Lipinski definition) is 5. The van der Waals surface area contributed by atoms with Crippen molar-refractivity contribution in [3.05, 3.63) is 20.8 Å². The Morgan fingerprint density at radius 3 is 2.73 bits per heavy atom. The number of rotatable bonds is 7. The second kappa shape index (κ2) is 7.15. The van der Waals surface area contributed by atoms with E-state index in [-0.39, 0.29) is 0 Å². The minimum absolute atomic E-state index is 0.387. The molecule has 0 radical (unpaired) electrons. The van der Waals surface area contributed by atoms with Gasteiger partial charge >= 0.3 is 5.69 Å². The average molecular weight is 326 g/mol. The molecule has 8 heteroatoms. The monoisotopic (exact) mass is 326 g/mol. The van der Waals surface area contributed by atoms with Crippen LogP contribution in [0.1, 0.15) is 33.1 Å². The summed E-state index contributed by atoms with van der Waals surface area (Å²) in [4.78, 5) is 30.6. The van der Waals surface area contributed by atoms with Gasteiger partial charge in [0.2, 0.25) is 0 Å². The van der Waals surface area contributed by atoms with Crippen molar-refractivity contribution < 1.29 is 5.11 Å². The molecule has 2 heterocycles. The number of aromatic nitrogens is 4. The molecule has 2 N–H and O–H groups in total. The first-order valence-electron chi connectivity index (χ1n) is 7.46. The summed E-state index contributed by atoms with van der Waals surface area (Å²) in [6.07, 6.45) is 2.62. The molecule has 2 aromatic rings. The molecule has 1 unspecified atom stereocenters. The number of aliphatic hydroxyl groups excluding tert-OH is 1. The standard InChI is InChI=1S/C14H22N4O3S/c1-4-5-6-7-18-10-11(15-14(18)22-8-9(2)19)17(3)13(21)16-12(10)20/h9,19H,4-8H2,1-3H3,(H,16,20,21). The molecule has 1 atom stereocenters. The summed E-state index contributed by atoms with van der Waals surface area (Å²) in [6.45, 7) is 4.50. The number of aryl methyl sites for hydroxylation is 2. The third-order valence-corrected chi connectivity index (χ3v) is 4.63. The van der Waals surface area contributed by atoms with Gasteiger partial charge in [0.15, 0.2) is 16.3 Å². The highest BCUT2D eigenvalue weighted by Crippen LogP contribution is 2.22. The fraction of sp³-hybridized carbons (Fsp3) is 0.643. The first kappa shape index (κ1) is 16.8. The SMILES string of the molecule is CCCCCn1c(SCC(C)O)nc2c1c(=O)[nH]c(=O)n2C. The Hall–Kier alpha value is -1.54. The topological polar surface area (TPSA) is 92.9 Å². The predicted octanol–water partition coefficient (Wildman–Crippen LogP) is 1.09. The van der Waals surface area contributed by atoms with E-state index in [1.807, 2.05) is 4.57 Å². The number of aliphatic hydroxyl groups is 1. The molecule has 0 spiro atoms. The highest BCUT2D eigenvalue weighted by molar-refractivity contribution is 7.99. The van der Waals surface area contributed by atoms with E-state index in [4.69, 9.17) is 0 Å². The Morgan fingerprint density at radius 1 is 1.36 bits per heavy atom. The van der Waals surface area contributed by atoms with Crippen molar-refractivity contribution in [3.8, 4) is 0 Å². The minimum atomic E-state index is -0.470. The molecule has 0 saturated heterocycles. The average Bonchev–Trinajstić information content (AvgIpc) is 2.82. The molecule has 2 aromatic heterocycles. The van der Waals surface area contributed by atoms with Crippen molar-refractivity contribution in [2.45, 2.75) is 50.9 Å². The molecule has 7 nitrogen and oxygen atoms in total. The quantitative estimate of drug-likeness (QED) is 0.587. The van der Waals surface area contributed by atoms with Crippen molar-refractivity contribution in [3.63, 3.8) is 0 Å². The van der Waals surface area contributed by atoms with Gasteiger partial charge in [0.25, 0.3) is 5.56 Å². The maximum Gasteiger partial charge on any atom is 0.329 e. The molecule has 0 bridgehead atoms. The third-order valence-electron chi connectivity index (χ3n) is 3.41. The molecular weight excluding hydrogens is 304 g/mol. The highest BCUT2D eigenvalue weighted by atomic mass is 32.2. The predicted molar refractivity (Wildman–Crippen MR) is 87.5 cm³/mol. The van der Waals surface area contributed by atoms with Gasteiger partial charge in [0.05, 0.1) is 6.10 Å². The number of nitrogens with one attached hydrogen (secondary N) is 1. The lowest BCUT2D eigenvalue weighted by atomic mass is 10.2. The van der Waals surface area contributed by atoms with Gasteiger partial charge in [0, 0.05) is 19.3 Å². The first-order chi connectivity index (χ1) is 10.5. The molecule has 0 saturated carbocycles. The summed E-state index contributed by atoms with van der Waals surface area (Å²) < 4.78 is 3.20. The smallest absolute Gasteiger partial charge is 0.329 e. The van der Waals surface area contributed by atoms with Crippen LogP contribution in [0.25, 0.3) is 11.2 Å². The van der Waals surface area contributed by atoms with Crippen LogP contribution < -0.4 is 11.2 Å². The molecule has 0 aliphatic rings. The zero-order valence-corrected chi connectivity index (χ0v) is 13.9. The van der Waals surface area contributed by atoms with Crippen molar-refractivity contribution in [2.24, 2.45) is 7.05 Å². The highest BCUT2D eigenvalue weighted by Gasteiger charge is 2.17. The maximum atomic E-state index is 12.2. The summed E-state index contributed by atoms with van der Waals surface area (Å²) in [5.41, 5.74) is -0.0709. The molecule has 2 rings (SSSR count). The number of nitrogens with zero attached hydrogens (tertiary/aromatic N) is 3. The van der Waals surface area contributed by atoms with E-state index >= 15 is 0 Å². The van der Waals surface area contributed by atoms with E-state index in [0.29, 0.717) is 28.6 Å². The summed E-state index contributed by atoms with van der Waals surface area (Å²) in [5.74, 6) is 0.489. The van der Waals surface area contributed by atoms with Crippen LogP contribution in [0.3, 0.4) is 0 Å². The lowest BCUT2D eigenvalue weighted by Crippen LogP contribution is -2.29. The summed E-state index contributed by atoms with van der Waals surface area (Å²) in [5, 5.41) is 10.1. The van der Waals surface area contributed by atoms with Gasteiger partial charge in [-0.3, -0.25) is 14.3 Å². The summed E-state index contributed by atoms with van der Waals surface area (Å²) in [7, 11) is 1.59. The van der Waals surface area contributed by atoms with E-state index in [1.54, 1.807) is 14.0 Å². The van der Waals surface area contributed by atoms with Crippen LogP contribution in [0.5, 0.6) is 0 Å². The summed E-state index contributed by atoms with van der Waals surface area (Å²) in [6, 6.07) is 0. The lowest BCUT2D eigenvalue weighted by molar-refractivity contribution is 0.220. The zero-order chi connectivity index (χ0) is 16.3. The van der Waals surface area contributed by atoms with Crippen molar-refractivity contribution >= 4 is 22.9 Å². The van der Waals surface area contributed by atoms with Gasteiger partial charge in [-0.25, -0.2) is 9.78 Å². The van der Waals surface area contributed by atoms with Gasteiger partial charge < -0.3 is 9.67 Å². The number of aromatic amines is 1. The number of hydrogen-bond donors (Lipinski definition) is 2. The molecule has 0 amide bonds. The molecular formula is C14H22N4O3S. The van der Waals surface area contributed by atoms with Gasteiger partial charge in [-0.1, -0.05) is 31.5 Å². The Balaban J connectivity index is 2.53. The number of H-pyrrole nitrogens is 1. The molecule has 122 valence electrons. The van der Waals surface area contributed by atoms with Crippen LogP contribution in [0, 0.1) is 0 Å². The molecule has 0 aromatic carbocycles. The van der Waals surface area contributed by atoms with E-state index in [1.165, 1.54) is 16.3 Å². The number of thioether (sulfide) groups is 1. The van der Waals surface area contributed by atoms with Crippen LogP contribution in [0.2, 0.25) is 0 Å². The fourth-order valence-corrected chi connectivity index (χ4v) is 3.13. The van der Waals surface area contributed by atoms with Crippen LogP contribution >= 0.6 is 11.8 Å². The second-order valence-electron chi connectivity index (χ2n) is 5.40. The van der Waals surface area contributed by atoms with E-state index in [9.17, 15) is 14.7 Å². The third kappa shape index (κ3) is 3.44. The molecule has 22 heavy (non-hydrogen) atoms. The normalized spacial score (nSPS) is 12.9. The Morgan fingerprint density at radius 2 is 2.09 bits per heavy atom. The molecule has 0 fully saturated rings. The Labute approximate surface area is 132 Å². The molecule has 0 aliphatic heterocycles. The zero-order valence-electron chi connectivity index (χ0n) is 13.1. The largest absolute Gasteiger partial charge is 0.393 e. The van der Waals surface area contributed by atoms with E-state index in [0.717, 1.165) is 19.3 Å². The number of fused-ring (bicyclic) bond motifs is 1. The first-order valence-corrected chi connectivity index (χ1v) is 8.44. The van der Waals surface area contributed by atoms with Gasteiger partial charge in [-0.2, -0.15) is 0 Å². The van der Waals surface area contributed by atoms with E-state index in [2.05, 4.69) is 16.9 Å². The maximum absolute atomic E-state index is 12.2. The Kier molecular flexibility index (Phi) is 5.47. The lowest BCUT2D eigenvalue weighted by Gasteiger charge is -2.08. The minimum Gasteiger partial charge on any atom is -0.393 e. The summed E-state index contributed by atoms with van der Waals surface area (Å²) >= 11 is 1.40. The number of unbranched alkanes of at least 4 members (excludes halogenated alkanes) is 2. The van der Waals surface area contributed by atoms with Gasteiger partial charge in [0.1, 0.15) is 0 Å². The van der Waals surface area contributed by atoms with Crippen LogP contribution in [-0.4, -0.2) is 36.1 Å². The van der Waals surface area contributed by atoms with Crippen molar-refractivity contribution in [1.82, 2.24) is 19.1 Å². The Bertz CT molecular complexity index is 760. The van der Waals surface area contributed by atoms with Crippen molar-refractivity contribution in [2.75, 3.05) is 5.75 Å². The van der Waals surface area contributed by atoms with E-state index < -0.39 is 17.4 Å². The van der Waals surface area contributed by atoms with Gasteiger partial charge in [-0.05, 0) is 13.3 Å². The fourth-order valence-electron chi connectivity index (χ4n) is 2.25. The second-order valence-corrected chi connectivity index (χ2v) is 6.39. The van der Waals surface area contributed by atoms with Crippen molar-refractivity contribution in [1.29, 1.82) is 0 Å². The van der Waals surface area contributed by atoms with Crippen LogP contribution in [0.15, 0.2) is 14.7 Å². The number of imidazole rings is 1. The van der Waals surface area contributed by atoms with Crippen LogP contribution in [0.4, 0.5) is 0 Å². The molecule has 0 aliphatic carbocycles.